The van der Waals surface area contributed by atoms with Crippen LogP contribution in [0.3, 0.4) is 0 Å². The van der Waals surface area contributed by atoms with Gasteiger partial charge in [0.25, 0.3) is 0 Å². The SMILES string of the molecule is C[C@@H]1COCCN1C(=O)O.Cl. The minimum absolute atomic E-state index is 0. The molecule has 0 spiro atoms. The van der Waals surface area contributed by atoms with Gasteiger partial charge in [0.05, 0.1) is 19.3 Å². The van der Waals surface area contributed by atoms with E-state index in [1.807, 2.05) is 6.92 Å². The fourth-order valence-electron chi connectivity index (χ4n) is 1.01. The van der Waals surface area contributed by atoms with Crippen LogP contribution in [0.4, 0.5) is 4.79 Å². The van der Waals surface area contributed by atoms with Crippen LogP contribution >= 0.6 is 12.4 Å². The van der Waals surface area contributed by atoms with Gasteiger partial charge in [0.15, 0.2) is 0 Å². The average Bonchev–Trinajstić information content (AvgIpc) is 1.88. The Morgan fingerprint density at radius 1 is 1.73 bits per heavy atom. The molecule has 0 bridgehead atoms. The van der Waals surface area contributed by atoms with Crippen LogP contribution < -0.4 is 0 Å². The van der Waals surface area contributed by atoms with Gasteiger partial charge in [-0.1, -0.05) is 0 Å². The minimum atomic E-state index is -0.851. The fraction of sp³-hybridized carbons (Fsp3) is 0.833. The van der Waals surface area contributed by atoms with E-state index >= 15 is 0 Å². The number of rotatable bonds is 0. The maximum atomic E-state index is 10.4. The summed E-state index contributed by atoms with van der Waals surface area (Å²) in [6.45, 7) is 3.38. The van der Waals surface area contributed by atoms with Crippen LogP contribution in [0.1, 0.15) is 6.92 Å². The highest BCUT2D eigenvalue weighted by atomic mass is 35.5. The van der Waals surface area contributed by atoms with E-state index in [9.17, 15) is 4.79 Å². The second-order valence-corrected chi connectivity index (χ2v) is 2.40. The zero-order valence-corrected chi connectivity index (χ0v) is 7.13. The molecule has 1 N–H and O–H groups in total. The van der Waals surface area contributed by atoms with Gasteiger partial charge in [0.1, 0.15) is 0 Å². The molecular formula is C6H12ClNO3. The highest BCUT2D eigenvalue weighted by molar-refractivity contribution is 5.85. The molecule has 66 valence electrons. The third-order valence-electron chi connectivity index (χ3n) is 1.61. The molecule has 5 heteroatoms. The summed E-state index contributed by atoms with van der Waals surface area (Å²) in [7, 11) is 0. The number of hydrogen-bond acceptors (Lipinski definition) is 2. The maximum Gasteiger partial charge on any atom is 0.407 e. The van der Waals surface area contributed by atoms with Gasteiger partial charge in [0, 0.05) is 6.54 Å². The van der Waals surface area contributed by atoms with Crippen molar-refractivity contribution in [2.24, 2.45) is 0 Å². The second-order valence-electron chi connectivity index (χ2n) is 2.40. The lowest BCUT2D eigenvalue weighted by molar-refractivity contribution is 0.00633. The Labute approximate surface area is 71.5 Å². The van der Waals surface area contributed by atoms with E-state index in [-0.39, 0.29) is 18.4 Å². The average molecular weight is 182 g/mol. The van der Waals surface area contributed by atoms with Crippen molar-refractivity contribution in [1.29, 1.82) is 0 Å². The van der Waals surface area contributed by atoms with E-state index in [2.05, 4.69) is 0 Å². The van der Waals surface area contributed by atoms with Crippen molar-refractivity contribution in [3.63, 3.8) is 0 Å². The topological polar surface area (TPSA) is 49.8 Å². The zero-order valence-electron chi connectivity index (χ0n) is 6.32. The van der Waals surface area contributed by atoms with E-state index in [1.165, 1.54) is 4.90 Å². The molecule has 1 rings (SSSR count). The van der Waals surface area contributed by atoms with Crippen LogP contribution in [-0.2, 0) is 4.74 Å². The number of halogens is 1. The van der Waals surface area contributed by atoms with Crippen LogP contribution in [0.15, 0.2) is 0 Å². The fourth-order valence-corrected chi connectivity index (χ4v) is 1.01. The molecule has 0 aromatic rings. The summed E-state index contributed by atoms with van der Waals surface area (Å²) >= 11 is 0. The third-order valence-corrected chi connectivity index (χ3v) is 1.61. The molecule has 11 heavy (non-hydrogen) atoms. The molecule has 1 aliphatic heterocycles. The van der Waals surface area contributed by atoms with Gasteiger partial charge in [-0.2, -0.15) is 0 Å². The van der Waals surface area contributed by atoms with Gasteiger partial charge >= 0.3 is 6.09 Å². The Balaban J connectivity index is 0.000001000. The van der Waals surface area contributed by atoms with Gasteiger partial charge in [0.2, 0.25) is 0 Å². The number of carboxylic acid groups (broad SMARTS) is 1. The van der Waals surface area contributed by atoms with Crippen LogP contribution in [-0.4, -0.2) is 41.9 Å². The van der Waals surface area contributed by atoms with Gasteiger partial charge in [-0.25, -0.2) is 4.79 Å². The van der Waals surface area contributed by atoms with Crippen LogP contribution in [0.5, 0.6) is 0 Å². The zero-order chi connectivity index (χ0) is 7.56. The first-order valence-corrected chi connectivity index (χ1v) is 3.29. The van der Waals surface area contributed by atoms with Crippen LogP contribution in [0.25, 0.3) is 0 Å². The second kappa shape index (κ2) is 4.41. The molecule has 1 amide bonds. The lowest BCUT2D eigenvalue weighted by atomic mass is 10.3. The smallest absolute Gasteiger partial charge is 0.407 e. The van der Waals surface area contributed by atoms with Crippen molar-refractivity contribution in [3.05, 3.63) is 0 Å². The number of nitrogens with zero attached hydrogens (tertiary/aromatic N) is 1. The molecule has 0 radical (unpaired) electrons. The quantitative estimate of drug-likeness (QED) is 0.602. The lowest BCUT2D eigenvalue weighted by Gasteiger charge is -2.30. The largest absolute Gasteiger partial charge is 0.465 e. The molecule has 0 aliphatic carbocycles. The van der Waals surface area contributed by atoms with Gasteiger partial charge in [-0.15, -0.1) is 12.4 Å². The molecule has 1 fully saturated rings. The van der Waals surface area contributed by atoms with Gasteiger partial charge in [-0.3, -0.25) is 0 Å². The Kier molecular flexibility index (Phi) is 4.22. The van der Waals surface area contributed by atoms with E-state index in [0.717, 1.165) is 0 Å². The van der Waals surface area contributed by atoms with Crippen molar-refractivity contribution in [1.82, 2.24) is 4.90 Å². The summed E-state index contributed by atoms with van der Waals surface area (Å²) in [5, 5.41) is 8.58. The molecule has 0 unspecified atom stereocenters. The predicted octanol–water partition coefficient (Wildman–Crippen LogP) is 0.807. The Morgan fingerprint density at radius 2 is 2.36 bits per heavy atom. The Morgan fingerprint density at radius 3 is 2.73 bits per heavy atom. The number of morpholine rings is 1. The van der Waals surface area contributed by atoms with Crippen LogP contribution in [0.2, 0.25) is 0 Å². The first-order valence-electron chi connectivity index (χ1n) is 3.29. The highest BCUT2D eigenvalue weighted by Crippen LogP contribution is 2.05. The number of ether oxygens (including phenoxy) is 1. The van der Waals surface area contributed by atoms with E-state index in [1.54, 1.807) is 0 Å². The van der Waals surface area contributed by atoms with Crippen molar-refractivity contribution in [2.45, 2.75) is 13.0 Å². The molecule has 0 saturated carbocycles. The molecule has 1 heterocycles. The van der Waals surface area contributed by atoms with E-state index in [0.29, 0.717) is 19.8 Å². The summed E-state index contributed by atoms with van der Waals surface area (Å²) in [4.78, 5) is 11.8. The highest BCUT2D eigenvalue weighted by Gasteiger charge is 2.22. The minimum Gasteiger partial charge on any atom is -0.465 e. The van der Waals surface area contributed by atoms with E-state index in [4.69, 9.17) is 9.84 Å². The number of hydrogen-bond donors (Lipinski definition) is 1. The molecule has 1 atom stereocenters. The summed E-state index contributed by atoms with van der Waals surface area (Å²) in [6.07, 6.45) is -0.851. The van der Waals surface area contributed by atoms with Crippen molar-refractivity contribution in [2.75, 3.05) is 19.8 Å². The Hall–Kier alpha value is -0.480. The number of carbonyl (C=O) groups is 1. The van der Waals surface area contributed by atoms with Gasteiger partial charge in [-0.05, 0) is 6.92 Å². The summed E-state index contributed by atoms with van der Waals surface area (Å²) in [6, 6.07) is 0.00579. The normalized spacial score (nSPS) is 24.1. The first-order chi connectivity index (χ1) is 4.72. The third kappa shape index (κ3) is 2.55. The first kappa shape index (κ1) is 10.5. The molecule has 4 nitrogen and oxygen atoms in total. The maximum absolute atomic E-state index is 10.4. The summed E-state index contributed by atoms with van der Waals surface area (Å²) in [5.41, 5.74) is 0. The summed E-state index contributed by atoms with van der Waals surface area (Å²) in [5.74, 6) is 0. The summed E-state index contributed by atoms with van der Waals surface area (Å²) < 4.78 is 5.06. The monoisotopic (exact) mass is 181 g/mol. The van der Waals surface area contributed by atoms with E-state index < -0.39 is 6.09 Å². The number of amides is 1. The van der Waals surface area contributed by atoms with Crippen LogP contribution in [0, 0.1) is 0 Å². The molecule has 0 aromatic carbocycles. The lowest BCUT2D eigenvalue weighted by Crippen LogP contribution is -2.46. The molecule has 0 aromatic heterocycles. The molecular weight excluding hydrogens is 170 g/mol. The standard InChI is InChI=1S/C6H11NO3.ClH/c1-5-4-10-3-2-7(5)6(8)9;/h5H,2-4H2,1H3,(H,8,9);1H/t5-;/m1./s1. The van der Waals surface area contributed by atoms with Crippen molar-refractivity contribution >= 4 is 18.5 Å². The van der Waals surface area contributed by atoms with Crippen molar-refractivity contribution in [3.8, 4) is 0 Å². The van der Waals surface area contributed by atoms with Crippen molar-refractivity contribution < 1.29 is 14.6 Å². The molecule has 1 saturated heterocycles. The predicted molar refractivity (Wildman–Crippen MR) is 42.3 cm³/mol. The molecule has 1 aliphatic rings. The Bertz CT molecular complexity index is 142. The van der Waals surface area contributed by atoms with Gasteiger partial charge < -0.3 is 14.7 Å².